The van der Waals surface area contributed by atoms with Crippen LogP contribution < -0.4 is 10.6 Å². The second kappa shape index (κ2) is 11.3. The van der Waals surface area contributed by atoms with Gasteiger partial charge >= 0.3 is 0 Å². The predicted octanol–water partition coefficient (Wildman–Crippen LogP) is 4.28. The van der Waals surface area contributed by atoms with Gasteiger partial charge in [0.2, 0.25) is 0 Å². The molecule has 1 atom stereocenters. The number of H-pyrrole nitrogens is 1. The third-order valence-corrected chi connectivity index (χ3v) is 6.73. The topological polar surface area (TPSA) is 98.6 Å². The van der Waals surface area contributed by atoms with Crippen molar-refractivity contribution in [1.82, 2.24) is 19.8 Å². The molecule has 3 N–H and O–H groups in total. The van der Waals surface area contributed by atoms with E-state index in [4.69, 9.17) is 5.73 Å². The fourth-order valence-corrected chi connectivity index (χ4v) is 4.85. The monoisotopic (exact) mass is 492 g/mol. The maximum absolute atomic E-state index is 15.7. The molecule has 8 nitrogen and oxygen atoms in total. The number of nitrogens with zero attached hydrogens (tertiary/aromatic N) is 4. The van der Waals surface area contributed by atoms with E-state index in [0.29, 0.717) is 25.2 Å². The van der Waals surface area contributed by atoms with Crippen LogP contribution in [-0.2, 0) is 6.54 Å². The number of rotatable bonds is 9. The first-order chi connectivity index (χ1) is 17.4. The number of amides is 2. The average molecular weight is 493 g/mol. The highest BCUT2D eigenvalue weighted by molar-refractivity contribution is 5.95. The van der Waals surface area contributed by atoms with E-state index in [9.17, 15) is 9.59 Å². The van der Waals surface area contributed by atoms with Gasteiger partial charge < -0.3 is 20.5 Å². The number of hydrogen-bond acceptors (Lipinski definition) is 5. The maximum atomic E-state index is 15.7. The highest BCUT2D eigenvalue weighted by Crippen LogP contribution is 2.36. The first kappa shape index (κ1) is 25.4. The van der Waals surface area contributed by atoms with E-state index in [2.05, 4.69) is 14.9 Å². The first-order valence-electron chi connectivity index (χ1n) is 12.4. The van der Waals surface area contributed by atoms with Crippen LogP contribution in [0.2, 0.25) is 0 Å². The number of aromatic nitrogens is 2. The van der Waals surface area contributed by atoms with E-state index in [1.807, 2.05) is 30.9 Å². The molecule has 2 aromatic carbocycles. The number of likely N-dealkylation sites (tertiary alicyclic amines) is 1. The maximum Gasteiger partial charge on any atom is 0.253 e. The summed E-state index contributed by atoms with van der Waals surface area (Å²) >= 11 is 0. The molecule has 1 aliphatic rings. The molecule has 1 unspecified atom stereocenters. The fourth-order valence-electron chi connectivity index (χ4n) is 4.85. The van der Waals surface area contributed by atoms with Gasteiger partial charge in [0.1, 0.15) is 5.82 Å². The summed E-state index contributed by atoms with van der Waals surface area (Å²) in [7, 11) is 0. The number of carbonyl (C=O) groups excluding carboxylic acids is 2. The fraction of sp³-hybridized carbons (Fsp3) is 0.370. The summed E-state index contributed by atoms with van der Waals surface area (Å²) in [4.78, 5) is 38.2. The molecule has 1 aromatic heterocycles. The molecule has 0 aliphatic carbocycles. The Morgan fingerprint density at radius 3 is 2.53 bits per heavy atom. The molecule has 190 valence electrons. The molecule has 2 heterocycles. The van der Waals surface area contributed by atoms with Crippen molar-refractivity contribution >= 4 is 23.2 Å². The molecule has 0 saturated carbocycles. The number of hydrogen-bond donors (Lipinski definition) is 2. The number of piperidine rings is 1. The van der Waals surface area contributed by atoms with Crippen molar-refractivity contribution in [2.45, 2.75) is 45.8 Å². The molecule has 2 amide bonds. The van der Waals surface area contributed by atoms with Crippen LogP contribution in [0.15, 0.2) is 54.9 Å². The largest absolute Gasteiger partial charge is 0.366 e. The quantitative estimate of drug-likeness (QED) is 0.465. The van der Waals surface area contributed by atoms with Crippen molar-refractivity contribution in [3.05, 3.63) is 77.6 Å². The highest BCUT2D eigenvalue weighted by Gasteiger charge is 2.32. The molecule has 1 fully saturated rings. The Hall–Kier alpha value is -3.72. The second-order valence-electron chi connectivity index (χ2n) is 8.88. The number of nitrogens with two attached hydrogens (primary N) is 1. The van der Waals surface area contributed by atoms with Gasteiger partial charge in [-0.05, 0) is 69.5 Å². The summed E-state index contributed by atoms with van der Waals surface area (Å²) in [5, 5.41) is 0. The number of aromatic amines is 1. The average Bonchev–Trinajstić information content (AvgIpc) is 3.40. The summed E-state index contributed by atoms with van der Waals surface area (Å²) in [5.74, 6) is -0.687. The Bertz CT molecular complexity index is 1180. The van der Waals surface area contributed by atoms with Gasteiger partial charge in [-0.3, -0.25) is 14.5 Å². The lowest BCUT2D eigenvalue weighted by atomic mass is 10.0. The van der Waals surface area contributed by atoms with Crippen molar-refractivity contribution in [3.8, 4) is 0 Å². The Kier molecular flexibility index (Phi) is 8.00. The predicted molar refractivity (Wildman–Crippen MR) is 137 cm³/mol. The van der Waals surface area contributed by atoms with Crippen LogP contribution >= 0.6 is 0 Å². The van der Waals surface area contributed by atoms with Crippen LogP contribution in [-0.4, -0.2) is 57.4 Å². The third-order valence-electron chi connectivity index (χ3n) is 6.73. The lowest BCUT2D eigenvalue weighted by molar-refractivity contribution is 0.0772. The second-order valence-corrected chi connectivity index (χ2v) is 8.88. The van der Waals surface area contributed by atoms with E-state index in [1.165, 1.54) is 6.07 Å². The Morgan fingerprint density at radius 1 is 1.14 bits per heavy atom. The number of benzene rings is 2. The summed E-state index contributed by atoms with van der Waals surface area (Å²) < 4.78 is 15.7. The lowest BCUT2D eigenvalue weighted by Gasteiger charge is -2.43. The summed E-state index contributed by atoms with van der Waals surface area (Å²) in [6.07, 6.45) is 6.10. The Balaban J connectivity index is 1.77. The van der Waals surface area contributed by atoms with Gasteiger partial charge in [0.15, 0.2) is 5.82 Å². The zero-order valence-electron chi connectivity index (χ0n) is 20.8. The van der Waals surface area contributed by atoms with Crippen LogP contribution in [0, 0.1) is 5.82 Å². The van der Waals surface area contributed by atoms with Crippen LogP contribution in [0.3, 0.4) is 0 Å². The zero-order valence-corrected chi connectivity index (χ0v) is 20.8. The van der Waals surface area contributed by atoms with Crippen molar-refractivity contribution in [2.24, 2.45) is 5.73 Å². The van der Waals surface area contributed by atoms with Crippen molar-refractivity contribution in [1.29, 1.82) is 0 Å². The number of nitrogens with one attached hydrogen (secondary N) is 1. The minimum Gasteiger partial charge on any atom is -0.366 e. The highest BCUT2D eigenvalue weighted by atomic mass is 19.1. The molecular formula is C27H33FN6O2. The number of anilines is 2. The third kappa shape index (κ3) is 5.26. The van der Waals surface area contributed by atoms with E-state index in [0.717, 1.165) is 37.3 Å². The summed E-state index contributed by atoms with van der Waals surface area (Å²) in [6, 6.07) is 11.9. The molecule has 36 heavy (non-hydrogen) atoms. The Morgan fingerprint density at radius 2 is 1.89 bits per heavy atom. The van der Waals surface area contributed by atoms with E-state index in [-0.39, 0.29) is 23.3 Å². The Labute approximate surface area is 210 Å². The van der Waals surface area contributed by atoms with Crippen LogP contribution in [0.1, 0.15) is 59.7 Å². The number of halogens is 1. The molecular weight excluding hydrogens is 459 g/mol. The molecule has 0 radical (unpaired) electrons. The first-order valence-corrected chi connectivity index (χ1v) is 12.4. The zero-order chi connectivity index (χ0) is 25.7. The number of imidazole rings is 1. The molecule has 1 saturated heterocycles. The van der Waals surface area contributed by atoms with Gasteiger partial charge in [-0.25, -0.2) is 9.37 Å². The van der Waals surface area contributed by atoms with E-state index < -0.39 is 11.7 Å². The van der Waals surface area contributed by atoms with Crippen molar-refractivity contribution in [2.75, 3.05) is 24.5 Å². The standard InChI is InChI=1S/C27H33FN6O2/c1-3-32(4-2)27(36)19-11-13-20(14-12-19)34(22-9-7-8-21(25(22)28)26(29)35)24-10-5-6-17-33(24)18-23-30-15-16-31-23/h7-9,11-16,24H,3-6,10,17-18H2,1-2H3,(H2,29,35)(H,30,31). The van der Waals surface area contributed by atoms with Crippen LogP contribution in [0.4, 0.5) is 15.8 Å². The van der Waals surface area contributed by atoms with Gasteiger partial charge in [-0.15, -0.1) is 0 Å². The van der Waals surface area contributed by atoms with Crippen LogP contribution in [0.5, 0.6) is 0 Å². The van der Waals surface area contributed by atoms with Gasteiger partial charge in [-0.1, -0.05) is 6.07 Å². The van der Waals surface area contributed by atoms with Gasteiger partial charge in [0.25, 0.3) is 11.8 Å². The van der Waals surface area contributed by atoms with Crippen molar-refractivity contribution in [3.63, 3.8) is 0 Å². The molecule has 0 bridgehead atoms. The normalized spacial score (nSPS) is 16.0. The van der Waals surface area contributed by atoms with E-state index in [1.54, 1.807) is 41.6 Å². The van der Waals surface area contributed by atoms with Crippen molar-refractivity contribution < 1.29 is 14.0 Å². The smallest absolute Gasteiger partial charge is 0.253 e. The summed E-state index contributed by atoms with van der Waals surface area (Å²) in [6.45, 7) is 6.53. The SMILES string of the molecule is CCN(CC)C(=O)c1ccc(N(c2cccc(C(N)=O)c2F)C2CCCCN2Cc2ncc[nH]2)cc1. The number of primary amides is 1. The van der Waals surface area contributed by atoms with Gasteiger partial charge in [-0.2, -0.15) is 0 Å². The van der Waals surface area contributed by atoms with E-state index >= 15 is 4.39 Å². The summed E-state index contributed by atoms with van der Waals surface area (Å²) in [5.41, 5.74) is 6.88. The molecule has 9 heteroatoms. The minimum atomic E-state index is -0.814. The molecule has 3 aromatic rings. The number of carbonyl (C=O) groups is 2. The molecule has 0 spiro atoms. The van der Waals surface area contributed by atoms with Gasteiger partial charge in [0.05, 0.1) is 24.0 Å². The van der Waals surface area contributed by atoms with Crippen LogP contribution in [0.25, 0.3) is 0 Å². The molecule has 4 rings (SSSR count). The van der Waals surface area contributed by atoms with Gasteiger partial charge in [0, 0.05) is 43.3 Å². The molecule has 1 aliphatic heterocycles. The minimum absolute atomic E-state index is 0.0443. The lowest BCUT2D eigenvalue weighted by Crippen LogP contribution is -2.49.